The number of nitrogens with zero attached hydrogens (tertiary/aromatic N) is 1. The van der Waals surface area contributed by atoms with Crippen molar-refractivity contribution < 1.29 is 5.11 Å². The van der Waals surface area contributed by atoms with Crippen molar-refractivity contribution in [2.75, 3.05) is 0 Å². The number of fused-ring (bicyclic) bond motifs is 1. The van der Waals surface area contributed by atoms with Crippen LogP contribution in [0.1, 0.15) is 5.69 Å². The fourth-order valence-electron chi connectivity index (χ4n) is 1.16. The monoisotopic (exact) mass is 226 g/mol. The number of phenolic OH excluding ortho intramolecular Hbond substituents is 1. The third-order valence-corrected chi connectivity index (χ3v) is 2.31. The van der Waals surface area contributed by atoms with Crippen molar-refractivity contribution in [3.8, 4) is 5.75 Å². The lowest BCUT2D eigenvalue weighted by atomic mass is 10.2. The second kappa shape index (κ2) is 2.79. The summed E-state index contributed by atoms with van der Waals surface area (Å²) in [5.74, 6) is 0.245. The van der Waals surface area contributed by atoms with Crippen LogP contribution in [-0.4, -0.2) is 15.3 Å². The molecule has 0 amide bonds. The zero-order valence-electron chi connectivity index (χ0n) is 6.21. The summed E-state index contributed by atoms with van der Waals surface area (Å²) in [7, 11) is 0. The molecule has 0 unspecified atom stereocenters. The van der Waals surface area contributed by atoms with Crippen LogP contribution < -0.4 is 0 Å². The Labute approximate surface area is 77.5 Å². The largest absolute Gasteiger partial charge is 0.508 e. The normalized spacial score (nSPS) is 10.8. The van der Waals surface area contributed by atoms with Crippen LogP contribution in [0.5, 0.6) is 5.75 Å². The lowest BCUT2D eigenvalue weighted by Gasteiger charge is -1.91. The first-order chi connectivity index (χ1) is 5.81. The van der Waals surface area contributed by atoms with Gasteiger partial charge in [0, 0.05) is 16.8 Å². The van der Waals surface area contributed by atoms with Crippen molar-refractivity contribution in [3.63, 3.8) is 0 Å². The summed E-state index contributed by atoms with van der Waals surface area (Å²) in [6, 6.07) is 5.15. The van der Waals surface area contributed by atoms with Crippen molar-refractivity contribution in [1.82, 2.24) is 10.2 Å². The highest BCUT2D eigenvalue weighted by molar-refractivity contribution is 9.08. The molecule has 3 nitrogen and oxygen atoms in total. The number of halogens is 1. The van der Waals surface area contributed by atoms with E-state index in [9.17, 15) is 0 Å². The molecule has 1 aromatic carbocycles. The fraction of sp³-hybridized carbons (Fsp3) is 0.125. The van der Waals surface area contributed by atoms with Crippen LogP contribution in [0.15, 0.2) is 18.2 Å². The number of alkyl halides is 1. The molecule has 0 aliphatic rings. The number of hydrogen-bond donors (Lipinski definition) is 2. The Morgan fingerprint density at radius 2 is 2.33 bits per heavy atom. The highest BCUT2D eigenvalue weighted by atomic mass is 79.9. The van der Waals surface area contributed by atoms with E-state index in [0.717, 1.165) is 21.9 Å². The van der Waals surface area contributed by atoms with E-state index in [-0.39, 0.29) is 5.75 Å². The number of aromatic amines is 1. The standard InChI is InChI=1S/C8H7BrN2O/c9-4-8-6-2-1-5(12)3-7(6)10-11-8/h1-3,12H,4H2,(H,10,11). The smallest absolute Gasteiger partial charge is 0.117 e. The van der Waals surface area contributed by atoms with Gasteiger partial charge in [0.2, 0.25) is 0 Å². The number of rotatable bonds is 1. The molecule has 62 valence electrons. The average molecular weight is 227 g/mol. The third kappa shape index (κ3) is 1.08. The van der Waals surface area contributed by atoms with Crippen LogP contribution in [0.3, 0.4) is 0 Å². The van der Waals surface area contributed by atoms with Crippen LogP contribution in [0, 0.1) is 0 Å². The maximum absolute atomic E-state index is 9.15. The summed E-state index contributed by atoms with van der Waals surface area (Å²) in [4.78, 5) is 0. The van der Waals surface area contributed by atoms with Crippen molar-refractivity contribution >= 4 is 26.8 Å². The first-order valence-electron chi connectivity index (χ1n) is 3.53. The van der Waals surface area contributed by atoms with E-state index in [1.54, 1.807) is 12.1 Å². The highest BCUT2D eigenvalue weighted by Gasteiger charge is 2.03. The number of phenols is 1. The molecular formula is C8H7BrN2O. The van der Waals surface area contributed by atoms with Gasteiger partial charge in [0.1, 0.15) is 5.75 Å². The van der Waals surface area contributed by atoms with Crippen LogP contribution >= 0.6 is 15.9 Å². The zero-order valence-corrected chi connectivity index (χ0v) is 7.80. The number of hydrogen-bond acceptors (Lipinski definition) is 2. The quantitative estimate of drug-likeness (QED) is 0.733. The molecule has 2 aromatic rings. The number of H-pyrrole nitrogens is 1. The molecule has 0 spiro atoms. The second-order valence-electron chi connectivity index (χ2n) is 2.54. The van der Waals surface area contributed by atoms with E-state index < -0.39 is 0 Å². The van der Waals surface area contributed by atoms with E-state index in [2.05, 4.69) is 26.1 Å². The molecule has 0 atom stereocenters. The van der Waals surface area contributed by atoms with Crippen LogP contribution in [0.2, 0.25) is 0 Å². The van der Waals surface area contributed by atoms with E-state index >= 15 is 0 Å². The summed E-state index contributed by atoms with van der Waals surface area (Å²) in [5, 5.41) is 17.9. The second-order valence-corrected chi connectivity index (χ2v) is 3.10. The van der Waals surface area contributed by atoms with Gasteiger partial charge in [-0.2, -0.15) is 5.10 Å². The Kier molecular flexibility index (Phi) is 1.77. The topological polar surface area (TPSA) is 48.9 Å². The number of benzene rings is 1. The Hall–Kier alpha value is -1.03. The first-order valence-corrected chi connectivity index (χ1v) is 4.65. The molecule has 0 aliphatic carbocycles. The van der Waals surface area contributed by atoms with Gasteiger partial charge in [0.25, 0.3) is 0 Å². The maximum atomic E-state index is 9.15. The predicted octanol–water partition coefficient (Wildman–Crippen LogP) is 2.16. The summed E-state index contributed by atoms with van der Waals surface area (Å²) in [6.45, 7) is 0. The van der Waals surface area contributed by atoms with Crippen molar-refractivity contribution in [1.29, 1.82) is 0 Å². The van der Waals surface area contributed by atoms with Gasteiger partial charge < -0.3 is 5.11 Å². The van der Waals surface area contributed by atoms with Crippen molar-refractivity contribution in [3.05, 3.63) is 23.9 Å². The van der Waals surface area contributed by atoms with Crippen LogP contribution in [0.25, 0.3) is 10.9 Å². The Balaban J connectivity index is 2.73. The minimum absolute atomic E-state index is 0.245. The van der Waals surface area contributed by atoms with E-state index in [0.29, 0.717) is 0 Å². The van der Waals surface area contributed by atoms with Gasteiger partial charge in [-0.3, -0.25) is 5.10 Å². The number of aromatic nitrogens is 2. The van der Waals surface area contributed by atoms with E-state index in [1.165, 1.54) is 0 Å². The van der Waals surface area contributed by atoms with Crippen molar-refractivity contribution in [2.45, 2.75) is 5.33 Å². The maximum Gasteiger partial charge on any atom is 0.117 e. The molecule has 0 saturated heterocycles. The molecule has 0 aliphatic heterocycles. The number of nitrogens with one attached hydrogen (secondary N) is 1. The molecule has 1 aromatic heterocycles. The van der Waals surface area contributed by atoms with E-state index in [1.807, 2.05) is 6.07 Å². The SMILES string of the molecule is Oc1ccc2c(CBr)[nH]nc2c1. The van der Waals surface area contributed by atoms with Gasteiger partial charge >= 0.3 is 0 Å². The summed E-state index contributed by atoms with van der Waals surface area (Å²) < 4.78 is 0. The zero-order chi connectivity index (χ0) is 8.55. The first kappa shape index (κ1) is 7.61. The molecule has 2 rings (SSSR count). The Morgan fingerprint density at radius 3 is 3.08 bits per heavy atom. The molecule has 4 heteroatoms. The molecule has 0 saturated carbocycles. The van der Waals surface area contributed by atoms with Gasteiger partial charge in [-0.05, 0) is 12.1 Å². The molecule has 0 radical (unpaired) electrons. The molecule has 0 fully saturated rings. The van der Waals surface area contributed by atoms with Gasteiger partial charge in [0.05, 0.1) is 11.2 Å². The highest BCUT2D eigenvalue weighted by Crippen LogP contribution is 2.21. The van der Waals surface area contributed by atoms with Gasteiger partial charge in [0.15, 0.2) is 0 Å². The van der Waals surface area contributed by atoms with Gasteiger partial charge in [-0.25, -0.2) is 0 Å². The Bertz CT molecular complexity index is 410. The molecule has 1 heterocycles. The molecule has 0 bridgehead atoms. The lowest BCUT2D eigenvalue weighted by molar-refractivity contribution is 0.476. The Morgan fingerprint density at radius 1 is 1.50 bits per heavy atom. The minimum atomic E-state index is 0.245. The van der Waals surface area contributed by atoms with Gasteiger partial charge in [-0.15, -0.1) is 0 Å². The van der Waals surface area contributed by atoms with Crippen LogP contribution in [0.4, 0.5) is 0 Å². The fourth-order valence-corrected chi connectivity index (χ4v) is 1.58. The number of aromatic hydroxyl groups is 1. The molecular weight excluding hydrogens is 220 g/mol. The molecule has 2 N–H and O–H groups in total. The van der Waals surface area contributed by atoms with Crippen LogP contribution in [-0.2, 0) is 5.33 Å². The predicted molar refractivity (Wildman–Crippen MR) is 50.4 cm³/mol. The lowest BCUT2D eigenvalue weighted by Crippen LogP contribution is -1.75. The summed E-state index contributed by atoms with van der Waals surface area (Å²) in [5.41, 5.74) is 1.83. The molecule has 12 heavy (non-hydrogen) atoms. The average Bonchev–Trinajstić information content (AvgIpc) is 2.46. The van der Waals surface area contributed by atoms with E-state index in [4.69, 9.17) is 5.11 Å². The van der Waals surface area contributed by atoms with Gasteiger partial charge in [-0.1, -0.05) is 15.9 Å². The van der Waals surface area contributed by atoms with Crippen molar-refractivity contribution in [2.24, 2.45) is 0 Å². The summed E-state index contributed by atoms with van der Waals surface area (Å²) >= 11 is 3.34. The minimum Gasteiger partial charge on any atom is -0.508 e. The summed E-state index contributed by atoms with van der Waals surface area (Å²) in [6.07, 6.45) is 0. The third-order valence-electron chi connectivity index (χ3n) is 1.75.